The highest BCUT2D eigenvalue weighted by Crippen LogP contribution is 2.30. The minimum atomic E-state index is -0.0966. The predicted molar refractivity (Wildman–Crippen MR) is 119 cm³/mol. The summed E-state index contributed by atoms with van der Waals surface area (Å²) in [7, 11) is 1.66. The van der Waals surface area contributed by atoms with E-state index < -0.39 is 0 Å². The molecule has 3 rings (SSSR count). The van der Waals surface area contributed by atoms with Crippen molar-refractivity contribution in [2.45, 2.75) is 39.3 Å². The lowest BCUT2D eigenvalue weighted by Gasteiger charge is -2.36. The minimum absolute atomic E-state index is 0. The molecule has 0 spiro atoms. The van der Waals surface area contributed by atoms with Gasteiger partial charge in [-0.2, -0.15) is 0 Å². The van der Waals surface area contributed by atoms with Crippen LogP contribution >= 0.6 is 36.2 Å². The number of nitrogens with one attached hydrogen (secondary N) is 1. The van der Waals surface area contributed by atoms with Gasteiger partial charge in [-0.25, -0.2) is 4.98 Å². The van der Waals surface area contributed by atoms with E-state index in [1.807, 2.05) is 18.7 Å². The molecule has 2 aromatic rings. The lowest BCUT2D eigenvalue weighted by atomic mass is 10.0. The Balaban J connectivity index is 0.00000196. The highest BCUT2D eigenvalue weighted by atomic mass is 35.5. The van der Waals surface area contributed by atoms with E-state index in [-0.39, 0.29) is 42.9 Å². The summed E-state index contributed by atoms with van der Waals surface area (Å²) in [6.45, 7) is 8.30. The first-order chi connectivity index (χ1) is 12.5. The fourth-order valence-electron chi connectivity index (χ4n) is 3.24. The Morgan fingerprint density at radius 2 is 2.04 bits per heavy atom. The van der Waals surface area contributed by atoms with Crippen LogP contribution in [0.5, 0.6) is 0 Å². The van der Waals surface area contributed by atoms with Crippen LogP contribution in [0.25, 0.3) is 0 Å². The summed E-state index contributed by atoms with van der Waals surface area (Å²) in [5.74, 6) is 0.0700. The largest absolute Gasteiger partial charge is 0.375 e. The quantitative estimate of drug-likeness (QED) is 0.742. The Kier molecular flexibility index (Phi) is 9.87. The van der Waals surface area contributed by atoms with Gasteiger partial charge in [0.25, 0.3) is 5.91 Å². The molecule has 0 bridgehead atoms. The van der Waals surface area contributed by atoms with Crippen LogP contribution in [0.1, 0.15) is 57.5 Å². The van der Waals surface area contributed by atoms with E-state index in [4.69, 9.17) is 4.74 Å². The summed E-state index contributed by atoms with van der Waals surface area (Å²) < 4.78 is 5.36. The Labute approximate surface area is 183 Å². The fraction of sp³-hybridized carbons (Fsp3) is 0.500. The highest BCUT2D eigenvalue weighted by molar-refractivity contribution is 7.13. The second-order valence-electron chi connectivity index (χ2n) is 6.66. The number of nitrogens with zero attached hydrogens (tertiary/aromatic N) is 2. The van der Waals surface area contributed by atoms with Crippen LogP contribution in [0.15, 0.2) is 24.3 Å². The van der Waals surface area contributed by atoms with Crippen LogP contribution in [0.3, 0.4) is 0 Å². The Morgan fingerprint density at radius 3 is 2.64 bits per heavy atom. The number of hydrogen-bond donors (Lipinski definition) is 1. The number of carbonyl (C=O) groups is 1. The maximum atomic E-state index is 13.3. The fourth-order valence-corrected chi connectivity index (χ4v) is 4.29. The number of piperazine rings is 1. The summed E-state index contributed by atoms with van der Waals surface area (Å²) in [5.41, 5.74) is 3.28. The number of aryl methyl sites for hydroxylation is 2. The topological polar surface area (TPSA) is 54.5 Å². The Morgan fingerprint density at radius 1 is 1.36 bits per heavy atom. The van der Waals surface area contributed by atoms with Crippen molar-refractivity contribution < 1.29 is 9.53 Å². The molecule has 1 aromatic carbocycles. The maximum Gasteiger partial charge on any atom is 0.266 e. The average molecular weight is 446 g/mol. The first kappa shape index (κ1) is 24.9. The van der Waals surface area contributed by atoms with Gasteiger partial charge in [0.1, 0.15) is 16.0 Å². The molecule has 0 radical (unpaired) electrons. The predicted octanol–water partition coefficient (Wildman–Crippen LogP) is 4.35. The SMILES string of the molecule is CCc1ccc(C2CNCCN2C(=O)c2sc(C(C)OC)nc2C)cc1.Cl.Cl. The molecule has 8 heteroatoms. The van der Waals surface area contributed by atoms with Crippen LogP contribution in [0.4, 0.5) is 0 Å². The highest BCUT2D eigenvalue weighted by Gasteiger charge is 2.31. The number of aromatic nitrogens is 1. The van der Waals surface area contributed by atoms with Gasteiger partial charge in [-0.05, 0) is 31.4 Å². The van der Waals surface area contributed by atoms with Crippen molar-refractivity contribution in [3.63, 3.8) is 0 Å². The molecule has 2 unspecified atom stereocenters. The normalized spacial score (nSPS) is 17.4. The zero-order chi connectivity index (χ0) is 18.7. The number of hydrogen-bond acceptors (Lipinski definition) is 5. The molecule has 0 aliphatic carbocycles. The molecule has 2 heterocycles. The van der Waals surface area contributed by atoms with Crippen molar-refractivity contribution in [1.82, 2.24) is 15.2 Å². The molecule has 1 aliphatic heterocycles. The maximum absolute atomic E-state index is 13.3. The van der Waals surface area contributed by atoms with Crippen LogP contribution < -0.4 is 5.32 Å². The van der Waals surface area contributed by atoms with Gasteiger partial charge < -0.3 is 15.0 Å². The first-order valence-corrected chi connectivity index (χ1v) is 9.97. The molecular formula is C20H29Cl2N3O2S. The van der Waals surface area contributed by atoms with E-state index in [0.717, 1.165) is 35.1 Å². The molecule has 1 amide bonds. The van der Waals surface area contributed by atoms with Crippen molar-refractivity contribution >= 4 is 42.1 Å². The minimum Gasteiger partial charge on any atom is -0.375 e. The van der Waals surface area contributed by atoms with Crippen molar-refractivity contribution in [2.24, 2.45) is 0 Å². The zero-order valence-corrected chi connectivity index (χ0v) is 19.2. The molecule has 0 saturated carbocycles. The number of carbonyl (C=O) groups excluding carboxylic acids is 1. The molecule has 2 atom stereocenters. The summed E-state index contributed by atoms with van der Waals surface area (Å²) in [6.07, 6.45) is 0.924. The van der Waals surface area contributed by atoms with Crippen molar-refractivity contribution in [3.8, 4) is 0 Å². The molecule has 1 saturated heterocycles. The molecule has 1 aromatic heterocycles. The van der Waals surface area contributed by atoms with Gasteiger partial charge in [0.05, 0.1) is 11.7 Å². The lowest BCUT2D eigenvalue weighted by molar-refractivity contribution is 0.0638. The molecule has 28 heavy (non-hydrogen) atoms. The van der Waals surface area contributed by atoms with Gasteiger partial charge in [0.15, 0.2) is 0 Å². The van der Waals surface area contributed by atoms with Gasteiger partial charge in [0.2, 0.25) is 0 Å². The van der Waals surface area contributed by atoms with Gasteiger partial charge in [-0.1, -0.05) is 31.2 Å². The molecule has 1 aliphatic rings. The number of ether oxygens (including phenoxy) is 1. The number of halogens is 2. The number of thiazole rings is 1. The van der Waals surface area contributed by atoms with Crippen molar-refractivity contribution in [2.75, 3.05) is 26.7 Å². The van der Waals surface area contributed by atoms with Crippen molar-refractivity contribution in [1.29, 1.82) is 0 Å². The summed E-state index contributed by atoms with van der Waals surface area (Å²) in [5, 5.41) is 4.27. The van der Waals surface area contributed by atoms with E-state index in [9.17, 15) is 4.79 Å². The molecule has 156 valence electrons. The number of rotatable bonds is 5. The standard InChI is InChI=1S/C20H27N3O2S.2ClH/c1-5-15-6-8-16(9-7-15)17-12-21-10-11-23(17)20(24)18-13(2)22-19(26-18)14(3)25-4;;/h6-9,14,17,21H,5,10-12H2,1-4H3;2*1H. The summed E-state index contributed by atoms with van der Waals surface area (Å²) >= 11 is 1.45. The third kappa shape index (κ3) is 5.24. The summed E-state index contributed by atoms with van der Waals surface area (Å²) in [4.78, 5) is 20.5. The van der Waals surface area contributed by atoms with E-state index in [2.05, 4.69) is 41.5 Å². The Bertz CT molecular complexity index is 767. The second-order valence-corrected chi connectivity index (χ2v) is 7.69. The third-order valence-corrected chi connectivity index (χ3v) is 6.29. The number of benzene rings is 1. The Hall–Kier alpha value is -1.18. The van der Waals surface area contributed by atoms with E-state index >= 15 is 0 Å². The average Bonchev–Trinajstić information content (AvgIpc) is 3.08. The van der Waals surface area contributed by atoms with Crippen LogP contribution in [0.2, 0.25) is 0 Å². The monoisotopic (exact) mass is 445 g/mol. The molecule has 5 nitrogen and oxygen atoms in total. The van der Waals surface area contributed by atoms with Crippen LogP contribution in [0, 0.1) is 6.92 Å². The summed E-state index contributed by atoms with van der Waals surface area (Å²) in [6, 6.07) is 8.65. The molecule has 1 N–H and O–H groups in total. The number of amides is 1. The van der Waals surface area contributed by atoms with Gasteiger partial charge in [-0.15, -0.1) is 36.2 Å². The smallest absolute Gasteiger partial charge is 0.266 e. The van der Waals surface area contributed by atoms with Crippen LogP contribution in [-0.2, 0) is 11.2 Å². The van der Waals surface area contributed by atoms with Crippen molar-refractivity contribution in [3.05, 3.63) is 51.0 Å². The molecule has 1 fully saturated rings. The van der Waals surface area contributed by atoms with E-state index in [0.29, 0.717) is 6.54 Å². The lowest BCUT2D eigenvalue weighted by Crippen LogP contribution is -2.48. The van der Waals surface area contributed by atoms with Gasteiger partial charge in [0, 0.05) is 26.7 Å². The van der Waals surface area contributed by atoms with E-state index in [1.54, 1.807) is 7.11 Å². The van der Waals surface area contributed by atoms with E-state index in [1.165, 1.54) is 22.5 Å². The van der Waals surface area contributed by atoms with Crippen LogP contribution in [-0.4, -0.2) is 42.5 Å². The van der Waals surface area contributed by atoms with Gasteiger partial charge >= 0.3 is 0 Å². The second kappa shape index (κ2) is 11.1. The third-order valence-electron chi connectivity index (χ3n) is 4.99. The zero-order valence-electron chi connectivity index (χ0n) is 16.7. The first-order valence-electron chi connectivity index (χ1n) is 9.15. The van der Waals surface area contributed by atoms with Gasteiger partial charge in [-0.3, -0.25) is 4.79 Å². The molecular weight excluding hydrogens is 417 g/mol. The number of methoxy groups -OCH3 is 1.